The van der Waals surface area contributed by atoms with Crippen LogP contribution in [0, 0.1) is 5.41 Å². The molecule has 0 amide bonds. The average molecular weight is 359 g/mol. The van der Waals surface area contributed by atoms with E-state index in [2.05, 4.69) is 4.72 Å². The zero-order valence-electron chi connectivity index (χ0n) is 10.8. The first-order chi connectivity index (χ1) is 9.05. The molecule has 20 heavy (non-hydrogen) atoms. The van der Waals surface area contributed by atoms with Crippen LogP contribution in [0.4, 0.5) is 0 Å². The minimum atomic E-state index is -3.88. The molecule has 0 radical (unpaired) electrons. The van der Waals surface area contributed by atoms with E-state index >= 15 is 0 Å². The molecule has 2 unspecified atom stereocenters. The van der Waals surface area contributed by atoms with Crippen molar-refractivity contribution in [2.45, 2.75) is 37.3 Å². The highest BCUT2D eigenvalue weighted by atomic mass is 35.5. The SMILES string of the molecule is CC1(C)C(O)CC1NS(=O)(=O)c1c(Cl)cc(Cl)cc1Cl. The van der Waals surface area contributed by atoms with Crippen LogP contribution in [-0.2, 0) is 10.0 Å². The molecule has 0 bridgehead atoms. The van der Waals surface area contributed by atoms with Crippen molar-refractivity contribution < 1.29 is 13.5 Å². The summed E-state index contributed by atoms with van der Waals surface area (Å²) in [5.74, 6) is 0. The van der Waals surface area contributed by atoms with Gasteiger partial charge in [0.15, 0.2) is 0 Å². The summed E-state index contributed by atoms with van der Waals surface area (Å²) in [7, 11) is -3.88. The van der Waals surface area contributed by atoms with E-state index in [0.29, 0.717) is 6.42 Å². The lowest BCUT2D eigenvalue weighted by atomic mass is 9.65. The predicted octanol–water partition coefficient (Wildman–Crippen LogP) is 3.08. The van der Waals surface area contributed by atoms with Crippen LogP contribution in [0.3, 0.4) is 0 Å². The highest BCUT2D eigenvalue weighted by Crippen LogP contribution is 2.42. The Morgan fingerprint density at radius 1 is 1.25 bits per heavy atom. The molecule has 4 nitrogen and oxygen atoms in total. The molecule has 1 aromatic carbocycles. The fourth-order valence-electron chi connectivity index (χ4n) is 2.13. The topological polar surface area (TPSA) is 66.4 Å². The molecule has 1 saturated carbocycles. The van der Waals surface area contributed by atoms with Gasteiger partial charge in [0.25, 0.3) is 0 Å². The van der Waals surface area contributed by atoms with Gasteiger partial charge in [0.1, 0.15) is 4.90 Å². The summed E-state index contributed by atoms with van der Waals surface area (Å²) in [4.78, 5) is -0.192. The highest BCUT2D eigenvalue weighted by Gasteiger charge is 2.49. The Labute approximate surface area is 133 Å². The van der Waals surface area contributed by atoms with Crippen LogP contribution in [0.15, 0.2) is 17.0 Å². The molecule has 2 atom stereocenters. The summed E-state index contributed by atoms with van der Waals surface area (Å²) in [5.41, 5.74) is -0.529. The van der Waals surface area contributed by atoms with Crippen molar-refractivity contribution >= 4 is 44.8 Å². The minimum absolute atomic E-state index is 0.0346. The number of rotatable bonds is 3. The molecule has 0 heterocycles. The van der Waals surface area contributed by atoms with Crippen LogP contribution in [0.5, 0.6) is 0 Å². The van der Waals surface area contributed by atoms with E-state index in [1.807, 2.05) is 0 Å². The van der Waals surface area contributed by atoms with Crippen LogP contribution < -0.4 is 4.72 Å². The lowest BCUT2D eigenvalue weighted by molar-refractivity contribution is -0.0645. The fraction of sp³-hybridized carbons (Fsp3) is 0.500. The fourth-order valence-corrected chi connectivity index (χ4v) is 5.08. The first-order valence-corrected chi connectivity index (χ1v) is 8.52. The zero-order chi connectivity index (χ0) is 15.3. The lowest BCUT2D eigenvalue weighted by Crippen LogP contribution is -2.61. The number of halogens is 3. The van der Waals surface area contributed by atoms with Gasteiger partial charge in [0.05, 0.1) is 16.1 Å². The minimum Gasteiger partial charge on any atom is -0.392 e. The van der Waals surface area contributed by atoms with E-state index in [-0.39, 0.29) is 26.0 Å². The van der Waals surface area contributed by atoms with E-state index in [1.165, 1.54) is 12.1 Å². The van der Waals surface area contributed by atoms with Crippen LogP contribution in [0.2, 0.25) is 15.1 Å². The van der Waals surface area contributed by atoms with Gasteiger partial charge < -0.3 is 5.11 Å². The molecule has 2 rings (SSSR count). The van der Waals surface area contributed by atoms with Crippen LogP contribution in [0.1, 0.15) is 20.3 Å². The van der Waals surface area contributed by atoms with Gasteiger partial charge in [-0.3, -0.25) is 0 Å². The lowest BCUT2D eigenvalue weighted by Gasteiger charge is -2.49. The summed E-state index contributed by atoms with van der Waals surface area (Å²) in [6.07, 6.45) is -0.180. The number of benzene rings is 1. The number of aliphatic hydroxyl groups excluding tert-OH is 1. The number of nitrogens with one attached hydrogen (secondary N) is 1. The Morgan fingerprint density at radius 2 is 1.75 bits per heavy atom. The molecule has 1 aliphatic rings. The van der Waals surface area contributed by atoms with Crippen molar-refractivity contribution in [2.24, 2.45) is 5.41 Å². The first-order valence-electron chi connectivity index (χ1n) is 5.90. The molecule has 0 aromatic heterocycles. The van der Waals surface area contributed by atoms with Gasteiger partial charge in [0.2, 0.25) is 10.0 Å². The quantitative estimate of drug-likeness (QED) is 0.872. The van der Waals surface area contributed by atoms with Gasteiger partial charge in [-0.1, -0.05) is 48.7 Å². The average Bonchev–Trinajstić information content (AvgIpc) is 2.26. The van der Waals surface area contributed by atoms with Crippen molar-refractivity contribution in [1.82, 2.24) is 4.72 Å². The Hall–Kier alpha value is -0.0400. The van der Waals surface area contributed by atoms with Gasteiger partial charge in [-0.25, -0.2) is 13.1 Å². The van der Waals surface area contributed by atoms with Crippen molar-refractivity contribution in [3.63, 3.8) is 0 Å². The molecular formula is C12H14Cl3NO3S. The Bertz CT molecular complexity index is 622. The molecular weight excluding hydrogens is 345 g/mol. The Kier molecular flexibility index (Phi) is 4.33. The predicted molar refractivity (Wildman–Crippen MR) is 80.0 cm³/mol. The molecule has 2 N–H and O–H groups in total. The smallest absolute Gasteiger partial charge is 0.243 e. The second-order valence-corrected chi connectivity index (χ2v) is 8.35. The maximum Gasteiger partial charge on any atom is 0.243 e. The first kappa shape index (κ1) is 16.3. The van der Waals surface area contributed by atoms with Gasteiger partial charge >= 0.3 is 0 Å². The zero-order valence-corrected chi connectivity index (χ0v) is 13.9. The normalized spacial score (nSPS) is 25.3. The summed E-state index contributed by atoms with van der Waals surface area (Å²) >= 11 is 17.6. The number of hydrogen-bond donors (Lipinski definition) is 2. The molecule has 8 heteroatoms. The largest absolute Gasteiger partial charge is 0.392 e. The molecule has 0 spiro atoms. The monoisotopic (exact) mass is 357 g/mol. The molecule has 1 aliphatic carbocycles. The van der Waals surface area contributed by atoms with Gasteiger partial charge in [-0.2, -0.15) is 0 Å². The summed E-state index contributed by atoms with van der Waals surface area (Å²) in [6.45, 7) is 3.58. The van der Waals surface area contributed by atoms with Crippen molar-refractivity contribution in [1.29, 1.82) is 0 Å². The van der Waals surface area contributed by atoms with Gasteiger partial charge in [-0.05, 0) is 18.6 Å². The van der Waals surface area contributed by atoms with Crippen molar-refractivity contribution in [2.75, 3.05) is 0 Å². The highest BCUT2D eigenvalue weighted by molar-refractivity contribution is 7.89. The second-order valence-electron chi connectivity index (χ2n) is 5.45. The van der Waals surface area contributed by atoms with E-state index in [4.69, 9.17) is 34.8 Å². The summed E-state index contributed by atoms with van der Waals surface area (Å²) in [5, 5.41) is 9.85. The van der Waals surface area contributed by atoms with Crippen LogP contribution in [0.25, 0.3) is 0 Å². The molecule has 0 saturated heterocycles. The molecule has 0 aliphatic heterocycles. The molecule has 1 aromatic rings. The Morgan fingerprint density at radius 3 is 2.15 bits per heavy atom. The summed E-state index contributed by atoms with van der Waals surface area (Å²) < 4.78 is 27.3. The maximum atomic E-state index is 12.4. The van der Waals surface area contributed by atoms with E-state index < -0.39 is 21.5 Å². The molecule has 1 fully saturated rings. The van der Waals surface area contributed by atoms with Crippen molar-refractivity contribution in [3.05, 3.63) is 27.2 Å². The van der Waals surface area contributed by atoms with Crippen LogP contribution in [-0.4, -0.2) is 25.7 Å². The third-order valence-electron chi connectivity index (χ3n) is 3.75. The molecule has 112 valence electrons. The van der Waals surface area contributed by atoms with E-state index in [0.717, 1.165) is 0 Å². The summed E-state index contributed by atoms with van der Waals surface area (Å²) in [6, 6.07) is 2.28. The number of hydrogen-bond acceptors (Lipinski definition) is 3. The second kappa shape index (κ2) is 5.30. The van der Waals surface area contributed by atoms with Gasteiger partial charge in [-0.15, -0.1) is 0 Å². The third kappa shape index (κ3) is 2.80. The number of sulfonamides is 1. The third-order valence-corrected chi connectivity index (χ3v) is 6.36. The van der Waals surface area contributed by atoms with Crippen molar-refractivity contribution in [3.8, 4) is 0 Å². The van der Waals surface area contributed by atoms with E-state index in [9.17, 15) is 13.5 Å². The van der Waals surface area contributed by atoms with E-state index in [1.54, 1.807) is 13.8 Å². The standard InChI is InChI=1S/C12H14Cl3NO3S/c1-12(2)9(5-10(12)17)16-20(18,19)11-7(14)3-6(13)4-8(11)15/h3-4,9-10,16-17H,5H2,1-2H3. The van der Waals surface area contributed by atoms with Crippen LogP contribution >= 0.6 is 34.8 Å². The number of aliphatic hydroxyl groups is 1. The van der Waals surface area contributed by atoms with Gasteiger partial charge in [0, 0.05) is 16.5 Å². The maximum absolute atomic E-state index is 12.4. The Balaban J connectivity index is 2.33.